The summed E-state index contributed by atoms with van der Waals surface area (Å²) in [5.74, 6) is -0.0796. The number of hydrogen-bond acceptors (Lipinski definition) is 1. The molecule has 0 aliphatic carbocycles. The molecule has 0 spiro atoms. The summed E-state index contributed by atoms with van der Waals surface area (Å²) in [6.45, 7) is 2.01. The highest BCUT2D eigenvalue weighted by Crippen LogP contribution is 2.23. The Morgan fingerprint density at radius 1 is 0.850 bits per heavy atom. The summed E-state index contributed by atoms with van der Waals surface area (Å²) in [7, 11) is 0. The van der Waals surface area contributed by atoms with Crippen molar-refractivity contribution in [3.05, 3.63) is 77.9 Å². The maximum Gasteiger partial charge on any atom is 0.255 e. The zero-order chi connectivity index (χ0) is 13.9. The Kier molecular flexibility index (Phi) is 3.21. The molecule has 0 bridgehead atoms. The molecule has 0 unspecified atom stereocenters. The molecule has 0 saturated heterocycles. The topological polar surface area (TPSA) is 29.1 Å². The van der Waals surface area contributed by atoms with Gasteiger partial charge in [0, 0.05) is 11.3 Å². The number of rotatable bonds is 2. The number of amides is 1. The van der Waals surface area contributed by atoms with Crippen LogP contribution in [0, 0.1) is 6.92 Å². The molecular weight excluding hydrogens is 246 g/mol. The van der Waals surface area contributed by atoms with Crippen molar-refractivity contribution in [1.29, 1.82) is 0 Å². The fourth-order valence-corrected chi connectivity index (χ4v) is 2.27. The number of carbonyl (C=O) groups is 1. The Morgan fingerprint density at radius 2 is 1.45 bits per heavy atom. The summed E-state index contributed by atoms with van der Waals surface area (Å²) in [4.78, 5) is 12.2. The molecule has 1 amide bonds. The smallest absolute Gasteiger partial charge is 0.255 e. The summed E-state index contributed by atoms with van der Waals surface area (Å²) in [6.07, 6.45) is 0. The number of carbonyl (C=O) groups excluding carboxylic acids is 1. The summed E-state index contributed by atoms with van der Waals surface area (Å²) in [5, 5.41) is 5.29. The van der Waals surface area contributed by atoms with Gasteiger partial charge in [0.05, 0.1) is 0 Å². The minimum Gasteiger partial charge on any atom is -0.322 e. The lowest BCUT2D eigenvalue weighted by Crippen LogP contribution is -2.12. The molecule has 1 N–H and O–H groups in total. The normalized spacial score (nSPS) is 10.4. The van der Waals surface area contributed by atoms with Crippen molar-refractivity contribution in [3.63, 3.8) is 0 Å². The summed E-state index contributed by atoms with van der Waals surface area (Å²) >= 11 is 0. The first kappa shape index (κ1) is 12.4. The molecule has 20 heavy (non-hydrogen) atoms. The second kappa shape index (κ2) is 5.17. The number of fused-ring (bicyclic) bond motifs is 1. The fourth-order valence-electron chi connectivity index (χ4n) is 2.27. The third-order valence-corrected chi connectivity index (χ3v) is 3.38. The lowest BCUT2D eigenvalue weighted by Gasteiger charge is -2.10. The van der Waals surface area contributed by atoms with E-state index in [9.17, 15) is 4.79 Å². The van der Waals surface area contributed by atoms with Crippen LogP contribution < -0.4 is 5.32 Å². The molecule has 0 aliphatic rings. The molecule has 0 saturated carbocycles. The lowest BCUT2D eigenvalue weighted by molar-refractivity contribution is 0.102. The van der Waals surface area contributed by atoms with Gasteiger partial charge in [0.2, 0.25) is 0 Å². The van der Waals surface area contributed by atoms with Gasteiger partial charge >= 0.3 is 0 Å². The van der Waals surface area contributed by atoms with E-state index in [-0.39, 0.29) is 5.91 Å². The van der Waals surface area contributed by atoms with Gasteiger partial charge in [-0.25, -0.2) is 0 Å². The zero-order valence-corrected chi connectivity index (χ0v) is 11.3. The van der Waals surface area contributed by atoms with E-state index in [1.165, 1.54) is 5.39 Å². The van der Waals surface area contributed by atoms with Gasteiger partial charge in [0.25, 0.3) is 5.91 Å². The van der Waals surface area contributed by atoms with Crippen LogP contribution >= 0.6 is 0 Å². The molecule has 0 aliphatic heterocycles. The maximum absolute atomic E-state index is 12.2. The molecule has 2 heteroatoms. The van der Waals surface area contributed by atoms with Crippen molar-refractivity contribution >= 4 is 22.4 Å². The van der Waals surface area contributed by atoms with Gasteiger partial charge in [0.1, 0.15) is 0 Å². The molecular formula is C18H15NO. The number of aryl methyl sites for hydroxylation is 1. The van der Waals surface area contributed by atoms with Gasteiger partial charge in [-0.2, -0.15) is 0 Å². The minimum absolute atomic E-state index is 0.0796. The van der Waals surface area contributed by atoms with Crippen LogP contribution in [0.4, 0.5) is 5.69 Å². The second-order valence-corrected chi connectivity index (χ2v) is 4.83. The van der Waals surface area contributed by atoms with E-state index in [2.05, 4.69) is 17.4 Å². The largest absolute Gasteiger partial charge is 0.322 e. The fraction of sp³-hybridized carbons (Fsp3) is 0.0556. The van der Waals surface area contributed by atoms with Crippen LogP contribution in [0.5, 0.6) is 0 Å². The zero-order valence-electron chi connectivity index (χ0n) is 11.3. The summed E-state index contributed by atoms with van der Waals surface area (Å²) in [5.41, 5.74) is 2.59. The monoisotopic (exact) mass is 261 g/mol. The van der Waals surface area contributed by atoms with Crippen molar-refractivity contribution < 1.29 is 4.79 Å². The predicted octanol–water partition coefficient (Wildman–Crippen LogP) is 4.40. The third-order valence-electron chi connectivity index (χ3n) is 3.38. The van der Waals surface area contributed by atoms with Crippen molar-refractivity contribution in [1.82, 2.24) is 0 Å². The Hall–Kier alpha value is -2.61. The van der Waals surface area contributed by atoms with Gasteiger partial charge in [-0.1, -0.05) is 42.5 Å². The number of hydrogen-bond donors (Lipinski definition) is 1. The molecule has 0 fully saturated rings. The lowest BCUT2D eigenvalue weighted by atomic mass is 10.1. The van der Waals surface area contributed by atoms with E-state index in [0.717, 1.165) is 16.6 Å². The first-order valence-electron chi connectivity index (χ1n) is 6.60. The van der Waals surface area contributed by atoms with Crippen LogP contribution in [-0.2, 0) is 0 Å². The van der Waals surface area contributed by atoms with Crippen molar-refractivity contribution in [2.75, 3.05) is 5.32 Å². The minimum atomic E-state index is -0.0796. The van der Waals surface area contributed by atoms with Gasteiger partial charge in [-0.15, -0.1) is 0 Å². The molecule has 0 radical (unpaired) electrons. The van der Waals surface area contributed by atoms with Crippen LogP contribution in [0.25, 0.3) is 10.8 Å². The molecule has 0 aromatic heterocycles. The third kappa shape index (κ3) is 2.41. The van der Waals surface area contributed by atoms with E-state index in [1.54, 1.807) is 0 Å². The molecule has 3 rings (SSSR count). The van der Waals surface area contributed by atoms with Crippen LogP contribution in [0.1, 0.15) is 15.9 Å². The van der Waals surface area contributed by atoms with Crippen LogP contribution in [0.15, 0.2) is 66.7 Å². The Morgan fingerprint density at radius 3 is 2.15 bits per heavy atom. The van der Waals surface area contributed by atoms with E-state index < -0.39 is 0 Å². The van der Waals surface area contributed by atoms with Crippen LogP contribution in [-0.4, -0.2) is 5.91 Å². The van der Waals surface area contributed by atoms with E-state index in [4.69, 9.17) is 0 Å². The van der Waals surface area contributed by atoms with Gasteiger partial charge in [0.15, 0.2) is 0 Å². The highest BCUT2D eigenvalue weighted by atomic mass is 16.1. The highest BCUT2D eigenvalue weighted by Gasteiger charge is 2.07. The SMILES string of the molecule is Cc1cc2ccccc2cc1NC(=O)c1ccccc1. The highest BCUT2D eigenvalue weighted by molar-refractivity contribution is 6.05. The maximum atomic E-state index is 12.2. The standard InChI is InChI=1S/C18H15NO/c1-13-11-15-9-5-6-10-16(15)12-17(13)19-18(20)14-7-3-2-4-8-14/h2-12H,1H3,(H,19,20). The van der Waals surface area contributed by atoms with E-state index >= 15 is 0 Å². The van der Waals surface area contributed by atoms with Crippen LogP contribution in [0.3, 0.4) is 0 Å². The molecule has 0 atom stereocenters. The molecule has 0 heterocycles. The first-order chi connectivity index (χ1) is 9.74. The Balaban J connectivity index is 1.95. The van der Waals surface area contributed by atoms with E-state index in [1.807, 2.05) is 61.5 Å². The van der Waals surface area contributed by atoms with Crippen molar-refractivity contribution in [3.8, 4) is 0 Å². The molecule has 98 valence electrons. The van der Waals surface area contributed by atoms with Crippen molar-refractivity contribution in [2.24, 2.45) is 0 Å². The number of anilines is 1. The quantitative estimate of drug-likeness (QED) is 0.727. The average molecular weight is 261 g/mol. The number of nitrogens with one attached hydrogen (secondary N) is 1. The molecule has 3 aromatic carbocycles. The number of benzene rings is 3. The van der Waals surface area contributed by atoms with Gasteiger partial charge < -0.3 is 5.32 Å². The summed E-state index contributed by atoms with van der Waals surface area (Å²) in [6, 6.07) is 21.5. The molecule has 2 nitrogen and oxygen atoms in total. The molecule has 3 aromatic rings. The van der Waals surface area contributed by atoms with Gasteiger partial charge in [-0.3, -0.25) is 4.79 Å². The Labute approximate surface area is 118 Å². The van der Waals surface area contributed by atoms with Gasteiger partial charge in [-0.05, 0) is 47.5 Å². The average Bonchev–Trinajstić information content (AvgIpc) is 2.49. The van der Waals surface area contributed by atoms with E-state index in [0.29, 0.717) is 5.56 Å². The second-order valence-electron chi connectivity index (χ2n) is 4.83. The van der Waals surface area contributed by atoms with Crippen molar-refractivity contribution in [2.45, 2.75) is 6.92 Å². The van der Waals surface area contributed by atoms with Crippen LogP contribution in [0.2, 0.25) is 0 Å². The Bertz CT molecular complexity index is 763. The summed E-state index contributed by atoms with van der Waals surface area (Å²) < 4.78 is 0. The predicted molar refractivity (Wildman–Crippen MR) is 83.1 cm³/mol. The first-order valence-corrected chi connectivity index (χ1v) is 6.60.